The molecule has 0 fully saturated rings. The normalized spacial score (nSPS) is 10.6. The SMILES string of the molecule is Cc1ccc(OCC(=O)NN=Cc2cc([N+](=O)[O-])ccc2O)c([N+](=O)[O-])c1. The number of hydrogen-bond donors (Lipinski definition) is 2. The van der Waals surface area contributed by atoms with Crippen molar-refractivity contribution in [2.75, 3.05) is 6.61 Å². The molecule has 0 saturated heterocycles. The number of rotatable bonds is 7. The highest BCUT2D eigenvalue weighted by atomic mass is 16.6. The highest BCUT2D eigenvalue weighted by molar-refractivity contribution is 5.86. The molecule has 0 aliphatic carbocycles. The predicted molar refractivity (Wildman–Crippen MR) is 93.8 cm³/mol. The number of hydrogen-bond acceptors (Lipinski definition) is 8. The molecule has 0 heterocycles. The third kappa shape index (κ3) is 5.22. The topological polar surface area (TPSA) is 157 Å². The van der Waals surface area contributed by atoms with E-state index in [0.717, 1.165) is 24.4 Å². The minimum Gasteiger partial charge on any atom is -0.507 e. The van der Waals surface area contributed by atoms with Gasteiger partial charge in [-0.05, 0) is 24.6 Å². The van der Waals surface area contributed by atoms with E-state index >= 15 is 0 Å². The summed E-state index contributed by atoms with van der Waals surface area (Å²) in [5, 5.41) is 34.9. The van der Waals surface area contributed by atoms with Gasteiger partial charge in [-0.25, -0.2) is 5.43 Å². The number of benzene rings is 2. The number of nitrogens with zero attached hydrogens (tertiary/aromatic N) is 3. The van der Waals surface area contributed by atoms with Crippen molar-refractivity contribution in [3.05, 3.63) is 67.8 Å². The summed E-state index contributed by atoms with van der Waals surface area (Å²) in [4.78, 5) is 32.2. The zero-order valence-electron chi connectivity index (χ0n) is 14.0. The summed E-state index contributed by atoms with van der Waals surface area (Å²) in [5.41, 5.74) is 2.26. The third-order valence-corrected chi connectivity index (χ3v) is 3.28. The first-order valence-corrected chi connectivity index (χ1v) is 7.45. The maximum Gasteiger partial charge on any atom is 0.311 e. The van der Waals surface area contributed by atoms with Crippen molar-refractivity contribution >= 4 is 23.5 Å². The Hall–Kier alpha value is -4.02. The zero-order chi connectivity index (χ0) is 20.0. The van der Waals surface area contributed by atoms with Crippen LogP contribution >= 0.6 is 0 Å². The Morgan fingerprint density at radius 1 is 1.22 bits per heavy atom. The minimum atomic E-state index is -0.717. The highest BCUT2D eigenvalue weighted by Crippen LogP contribution is 2.27. The van der Waals surface area contributed by atoms with Gasteiger partial charge in [0, 0.05) is 23.8 Å². The standard InChI is InChI=1S/C16H14N4O7/c1-10-2-5-15(13(6-10)20(25)26)27-9-16(22)18-17-8-11-7-12(19(23)24)3-4-14(11)21/h2-8,21H,9H2,1H3,(H,18,22). The average Bonchev–Trinajstić information content (AvgIpc) is 2.61. The van der Waals surface area contributed by atoms with Crippen LogP contribution in [0.5, 0.6) is 11.5 Å². The Labute approximate surface area is 152 Å². The third-order valence-electron chi connectivity index (χ3n) is 3.28. The second kappa shape index (κ2) is 8.38. The molecule has 11 heteroatoms. The molecule has 2 aromatic carbocycles. The summed E-state index contributed by atoms with van der Waals surface area (Å²) in [6.07, 6.45) is 1.02. The van der Waals surface area contributed by atoms with Crippen LogP contribution in [0.25, 0.3) is 0 Å². The number of aryl methyl sites for hydroxylation is 1. The molecule has 0 aliphatic heterocycles. The number of phenolic OH excluding ortho intramolecular Hbond substituents is 1. The zero-order valence-corrected chi connectivity index (χ0v) is 14.0. The number of aromatic hydroxyl groups is 1. The lowest BCUT2D eigenvalue weighted by Gasteiger charge is -2.06. The molecular weight excluding hydrogens is 360 g/mol. The van der Waals surface area contributed by atoms with Crippen molar-refractivity contribution in [1.29, 1.82) is 0 Å². The van der Waals surface area contributed by atoms with Crippen LogP contribution in [0, 0.1) is 27.2 Å². The summed E-state index contributed by atoms with van der Waals surface area (Å²) >= 11 is 0. The average molecular weight is 374 g/mol. The van der Waals surface area contributed by atoms with Gasteiger partial charge in [-0.3, -0.25) is 25.0 Å². The monoisotopic (exact) mass is 374 g/mol. The maximum atomic E-state index is 11.7. The van der Waals surface area contributed by atoms with Crippen LogP contribution in [0.4, 0.5) is 11.4 Å². The van der Waals surface area contributed by atoms with E-state index in [1.807, 2.05) is 0 Å². The number of carbonyl (C=O) groups is 1. The Morgan fingerprint density at radius 2 is 1.96 bits per heavy atom. The Morgan fingerprint density at radius 3 is 2.63 bits per heavy atom. The van der Waals surface area contributed by atoms with Crippen molar-refractivity contribution in [2.45, 2.75) is 6.92 Å². The minimum absolute atomic E-state index is 0.0274. The molecule has 0 radical (unpaired) electrons. The van der Waals surface area contributed by atoms with Crippen molar-refractivity contribution in [1.82, 2.24) is 5.43 Å². The van der Waals surface area contributed by atoms with Crippen LogP contribution in [-0.2, 0) is 4.79 Å². The van der Waals surface area contributed by atoms with E-state index in [-0.39, 0.29) is 28.4 Å². The first-order chi connectivity index (χ1) is 12.8. The molecule has 140 valence electrons. The van der Waals surface area contributed by atoms with Gasteiger partial charge in [-0.15, -0.1) is 0 Å². The fourth-order valence-corrected chi connectivity index (χ4v) is 2.00. The molecule has 2 rings (SSSR count). The fraction of sp³-hybridized carbons (Fsp3) is 0.125. The van der Waals surface area contributed by atoms with Gasteiger partial charge >= 0.3 is 5.69 Å². The second-order valence-corrected chi connectivity index (χ2v) is 5.31. The summed E-state index contributed by atoms with van der Waals surface area (Å²) in [6.45, 7) is 1.14. The number of non-ortho nitro benzene ring substituents is 1. The number of nitro groups is 2. The molecule has 0 unspecified atom stereocenters. The van der Waals surface area contributed by atoms with E-state index in [4.69, 9.17) is 4.74 Å². The number of amides is 1. The van der Waals surface area contributed by atoms with E-state index in [1.165, 1.54) is 12.1 Å². The van der Waals surface area contributed by atoms with E-state index in [1.54, 1.807) is 13.0 Å². The van der Waals surface area contributed by atoms with Gasteiger partial charge in [0.2, 0.25) is 0 Å². The first-order valence-electron chi connectivity index (χ1n) is 7.45. The molecule has 2 aromatic rings. The molecule has 1 amide bonds. The quantitative estimate of drug-likeness (QED) is 0.426. The summed E-state index contributed by atoms with van der Waals surface area (Å²) in [5.74, 6) is -1.04. The van der Waals surface area contributed by atoms with E-state index in [0.29, 0.717) is 5.56 Å². The first kappa shape index (κ1) is 19.3. The smallest absolute Gasteiger partial charge is 0.311 e. The molecule has 0 aromatic heterocycles. The molecule has 0 aliphatic rings. The summed E-state index contributed by atoms with van der Waals surface area (Å²) in [7, 11) is 0. The molecule has 0 saturated carbocycles. The molecular formula is C16H14N4O7. The lowest BCUT2D eigenvalue weighted by atomic mass is 10.2. The summed E-state index contributed by atoms with van der Waals surface area (Å²) < 4.78 is 5.13. The van der Waals surface area contributed by atoms with Crippen LogP contribution in [0.1, 0.15) is 11.1 Å². The summed E-state index contributed by atoms with van der Waals surface area (Å²) in [6, 6.07) is 7.62. The van der Waals surface area contributed by atoms with Crippen LogP contribution in [0.2, 0.25) is 0 Å². The number of nitro benzene ring substituents is 2. The van der Waals surface area contributed by atoms with Gasteiger partial charge in [0.25, 0.3) is 11.6 Å². The van der Waals surface area contributed by atoms with E-state index < -0.39 is 22.4 Å². The van der Waals surface area contributed by atoms with Crippen molar-refractivity contribution in [3.63, 3.8) is 0 Å². The highest BCUT2D eigenvalue weighted by Gasteiger charge is 2.16. The van der Waals surface area contributed by atoms with Gasteiger partial charge < -0.3 is 9.84 Å². The lowest BCUT2D eigenvalue weighted by Crippen LogP contribution is -2.24. The molecule has 0 atom stereocenters. The number of carbonyl (C=O) groups excluding carboxylic acids is 1. The van der Waals surface area contributed by atoms with Gasteiger partial charge in [0.05, 0.1) is 16.1 Å². The molecule has 11 nitrogen and oxygen atoms in total. The number of nitrogens with one attached hydrogen (secondary N) is 1. The van der Waals surface area contributed by atoms with Gasteiger partial charge in [-0.2, -0.15) is 5.10 Å². The Bertz CT molecular complexity index is 927. The molecule has 0 bridgehead atoms. The van der Waals surface area contributed by atoms with Crippen LogP contribution in [0.15, 0.2) is 41.5 Å². The lowest BCUT2D eigenvalue weighted by molar-refractivity contribution is -0.385. The predicted octanol–water partition coefficient (Wildman–Crippen LogP) is 2.05. The fourth-order valence-electron chi connectivity index (χ4n) is 2.00. The largest absolute Gasteiger partial charge is 0.507 e. The Kier molecular flexibility index (Phi) is 5.99. The van der Waals surface area contributed by atoms with Gasteiger partial charge in [-0.1, -0.05) is 6.07 Å². The van der Waals surface area contributed by atoms with Crippen molar-refractivity contribution < 1.29 is 24.5 Å². The molecule has 0 spiro atoms. The number of hydrazone groups is 1. The van der Waals surface area contributed by atoms with Gasteiger partial charge in [0.1, 0.15) is 5.75 Å². The van der Waals surface area contributed by atoms with Crippen LogP contribution in [0.3, 0.4) is 0 Å². The van der Waals surface area contributed by atoms with Gasteiger partial charge in [0.15, 0.2) is 12.4 Å². The van der Waals surface area contributed by atoms with Crippen LogP contribution in [-0.4, -0.2) is 33.7 Å². The van der Waals surface area contributed by atoms with E-state index in [9.17, 15) is 30.1 Å². The number of phenols is 1. The van der Waals surface area contributed by atoms with Crippen molar-refractivity contribution in [2.24, 2.45) is 5.10 Å². The molecule has 2 N–H and O–H groups in total. The van der Waals surface area contributed by atoms with Crippen molar-refractivity contribution in [3.8, 4) is 11.5 Å². The van der Waals surface area contributed by atoms with Crippen LogP contribution < -0.4 is 10.2 Å². The molecule has 27 heavy (non-hydrogen) atoms. The van der Waals surface area contributed by atoms with E-state index in [2.05, 4.69) is 10.5 Å². The second-order valence-electron chi connectivity index (χ2n) is 5.31. The Balaban J connectivity index is 1.98. The maximum absolute atomic E-state index is 11.7. The number of ether oxygens (including phenoxy) is 1.